The maximum atomic E-state index is 13.9. The number of alkyl carbamates (subject to hydrolysis) is 1. The first-order chi connectivity index (χ1) is 43.1. The van der Waals surface area contributed by atoms with Gasteiger partial charge in [0.05, 0.1) is 48.7 Å². The SMILES string of the molecule is CC(/C=C/[C@@H]1C[C@]2(CO2)C[C@@H](CC(=O)CCCC(=O)OCc2ccc(CC(=O)[C@H](CCCNC(N)=O)NC(=O)[C@@H](CC(=O)CCCCCNC(=O)OCC3c4ccccc4-c4ccccc43)C(C)C)cc2)O1)=C\C[C@@H]1O[C@H](C)[C@H](NC(=O)/C=C\C(C)C)C[C@@H]1C. The number of hydrogen-bond acceptors (Lipinski definition) is 13. The van der Waals surface area contributed by atoms with E-state index in [0.29, 0.717) is 68.7 Å². The van der Waals surface area contributed by atoms with E-state index in [0.717, 1.165) is 47.1 Å². The molecule has 3 heterocycles. The minimum atomic E-state index is -0.895. The standard InChI is InChI=1S/C72H97N5O13/c1-46(2)25-34-67(81)76-64-37-49(6)66(89-50(64)7)33-27-48(5)26-32-55-41-72(45-88-72)42-56(90-55)39-53(78)18-15-24-68(82)86-43-52-30-28-51(29-31-52)38-65(80)63(23-16-36-74-70(73)84)77-69(83)61(47(3)4)40-54(79)17-9-8-14-35-75-71(85)87-44-62-59-21-12-10-19-57(59)58-20-11-13-22-60(58)62/h10-13,19-22,25-32,34,46-47,49-50,55-56,61-64,66H,8-9,14-18,23-24,33,35-45H2,1-7H3,(H,75,85)(H,76,81)(H,77,83)(H3,73,74,84)/b32-26+,34-25-,48-27+/t49-,50+,55+,56+,61-,63-,64+,66-,72+/m0/s1. The first-order valence-electron chi connectivity index (χ1n) is 32.6. The molecule has 3 aromatic carbocycles. The predicted octanol–water partition coefficient (Wildman–Crippen LogP) is 11.0. The number of urea groups is 1. The van der Waals surface area contributed by atoms with Gasteiger partial charge in [-0.3, -0.25) is 28.8 Å². The Morgan fingerprint density at radius 1 is 0.756 bits per heavy atom. The van der Waals surface area contributed by atoms with Gasteiger partial charge in [-0.2, -0.15) is 0 Å². The van der Waals surface area contributed by atoms with Gasteiger partial charge in [-0.05, 0) is 116 Å². The van der Waals surface area contributed by atoms with Crippen LogP contribution in [0.4, 0.5) is 9.59 Å². The van der Waals surface area contributed by atoms with E-state index in [1.807, 2.05) is 65.0 Å². The maximum absolute atomic E-state index is 13.9. The quantitative estimate of drug-likeness (QED) is 0.0121. The minimum absolute atomic E-state index is 0.00314. The summed E-state index contributed by atoms with van der Waals surface area (Å²) in [5, 5.41) is 11.4. The van der Waals surface area contributed by atoms with Crippen molar-refractivity contribution >= 4 is 47.3 Å². The van der Waals surface area contributed by atoms with Gasteiger partial charge in [0, 0.05) is 76.3 Å². The molecular formula is C72H97N5O13. The molecule has 0 saturated carbocycles. The lowest BCUT2D eigenvalue weighted by molar-refractivity contribution is -0.145. The van der Waals surface area contributed by atoms with E-state index in [1.165, 1.54) is 0 Å². The molecule has 9 atom stereocenters. The van der Waals surface area contributed by atoms with Gasteiger partial charge in [0.2, 0.25) is 11.8 Å². The van der Waals surface area contributed by atoms with Crippen molar-refractivity contribution in [1.82, 2.24) is 21.3 Å². The molecule has 90 heavy (non-hydrogen) atoms. The second-order valence-electron chi connectivity index (χ2n) is 25.9. The average molecular weight is 1240 g/mol. The first-order valence-corrected chi connectivity index (χ1v) is 32.6. The summed E-state index contributed by atoms with van der Waals surface area (Å²) in [5.41, 5.74) is 12.1. The monoisotopic (exact) mass is 1240 g/mol. The summed E-state index contributed by atoms with van der Waals surface area (Å²) in [6, 6.07) is 21.8. The minimum Gasteiger partial charge on any atom is -0.461 e. The number of unbranched alkanes of at least 4 members (excludes halogenated alkanes) is 2. The van der Waals surface area contributed by atoms with Crippen LogP contribution in [-0.2, 0) is 65.5 Å². The highest BCUT2D eigenvalue weighted by atomic mass is 16.6. The number of ether oxygens (including phenoxy) is 5. The van der Waals surface area contributed by atoms with Crippen molar-refractivity contribution in [3.63, 3.8) is 0 Å². The van der Waals surface area contributed by atoms with E-state index in [4.69, 9.17) is 29.4 Å². The number of allylic oxidation sites excluding steroid dienone is 3. The fourth-order valence-electron chi connectivity index (χ4n) is 12.3. The van der Waals surface area contributed by atoms with E-state index in [-0.39, 0.29) is 142 Å². The van der Waals surface area contributed by atoms with Crippen LogP contribution in [0.2, 0.25) is 0 Å². The van der Waals surface area contributed by atoms with Gasteiger partial charge < -0.3 is 50.7 Å². The Kier molecular flexibility index (Phi) is 27.1. The van der Waals surface area contributed by atoms with Crippen LogP contribution < -0.4 is 27.0 Å². The number of rotatable bonds is 35. The van der Waals surface area contributed by atoms with Gasteiger partial charge in [0.1, 0.15) is 24.8 Å². The summed E-state index contributed by atoms with van der Waals surface area (Å²) >= 11 is 0. The van der Waals surface area contributed by atoms with Crippen LogP contribution in [0, 0.1) is 23.7 Å². The molecule has 1 spiro atoms. The number of benzene rings is 3. The molecule has 6 N–H and O–H groups in total. The Morgan fingerprint density at radius 3 is 2.11 bits per heavy atom. The summed E-state index contributed by atoms with van der Waals surface area (Å²) in [5.74, 6) is -1.54. The first kappa shape index (κ1) is 70.2. The van der Waals surface area contributed by atoms with E-state index in [2.05, 4.69) is 77.6 Å². The number of Topliss-reactive ketones (excluding diaryl/α,β-unsaturated/α-hetero) is 3. The van der Waals surface area contributed by atoms with Crippen molar-refractivity contribution in [1.29, 1.82) is 0 Å². The van der Waals surface area contributed by atoms with E-state index >= 15 is 0 Å². The molecule has 1 aliphatic carbocycles. The number of hydrogen-bond donors (Lipinski definition) is 5. The summed E-state index contributed by atoms with van der Waals surface area (Å²) in [6.45, 7) is 15.5. The Labute approximate surface area is 532 Å². The molecule has 3 aliphatic heterocycles. The zero-order valence-electron chi connectivity index (χ0n) is 53.9. The third-order valence-electron chi connectivity index (χ3n) is 17.6. The van der Waals surface area contributed by atoms with Crippen molar-refractivity contribution in [2.24, 2.45) is 29.4 Å². The van der Waals surface area contributed by atoms with Gasteiger partial charge in [-0.25, -0.2) is 9.59 Å². The molecule has 3 fully saturated rings. The summed E-state index contributed by atoms with van der Waals surface area (Å²) in [7, 11) is 0. The Morgan fingerprint density at radius 2 is 1.43 bits per heavy atom. The van der Waals surface area contributed by atoms with E-state index in [1.54, 1.807) is 30.3 Å². The number of esters is 1. The van der Waals surface area contributed by atoms with Crippen LogP contribution in [0.25, 0.3) is 11.1 Å². The van der Waals surface area contributed by atoms with Crippen LogP contribution in [0.5, 0.6) is 0 Å². The number of amides is 5. The molecule has 4 aliphatic rings. The number of epoxide rings is 1. The van der Waals surface area contributed by atoms with Gasteiger partial charge in [0.25, 0.3) is 0 Å². The van der Waals surface area contributed by atoms with E-state index < -0.39 is 36.0 Å². The highest BCUT2D eigenvalue weighted by Crippen LogP contribution is 2.45. The predicted molar refractivity (Wildman–Crippen MR) is 345 cm³/mol. The molecule has 5 amide bonds. The maximum Gasteiger partial charge on any atom is 0.407 e. The van der Waals surface area contributed by atoms with E-state index in [9.17, 15) is 38.4 Å². The highest BCUT2D eigenvalue weighted by molar-refractivity contribution is 5.93. The molecule has 0 unspecified atom stereocenters. The van der Waals surface area contributed by atoms with Crippen molar-refractivity contribution in [3.05, 3.63) is 131 Å². The zero-order chi connectivity index (χ0) is 64.7. The second-order valence-corrected chi connectivity index (χ2v) is 25.9. The van der Waals surface area contributed by atoms with Gasteiger partial charge >= 0.3 is 18.1 Å². The molecular weight excluding hydrogens is 1140 g/mol. The molecule has 7 rings (SSSR count). The summed E-state index contributed by atoms with van der Waals surface area (Å²) in [6.07, 6.45) is 15.4. The number of fused-ring (bicyclic) bond motifs is 3. The lowest BCUT2D eigenvalue weighted by Gasteiger charge is -2.39. The number of primary amides is 1. The molecule has 488 valence electrons. The Hall–Kier alpha value is -7.28. The number of nitrogens with one attached hydrogen (secondary N) is 4. The molecule has 0 radical (unpaired) electrons. The smallest absolute Gasteiger partial charge is 0.407 e. The van der Waals surface area contributed by atoms with Crippen LogP contribution in [0.1, 0.15) is 173 Å². The van der Waals surface area contributed by atoms with Crippen LogP contribution in [0.15, 0.2) is 109 Å². The molecule has 3 saturated heterocycles. The average Bonchev–Trinajstić information content (AvgIpc) is 1.65. The second kappa shape index (κ2) is 34.8. The van der Waals surface area contributed by atoms with Gasteiger partial charge in [0.15, 0.2) is 5.78 Å². The largest absolute Gasteiger partial charge is 0.461 e. The molecule has 0 bridgehead atoms. The number of carbonyl (C=O) groups excluding carboxylic acids is 8. The third-order valence-corrected chi connectivity index (χ3v) is 17.6. The van der Waals surface area contributed by atoms with Crippen LogP contribution >= 0.6 is 0 Å². The molecule has 18 nitrogen and oxygen atoms in total. The van der Waals surface area contributed by atoms with Gasteiger partial charge in [-0.15, -0.1) is 0 Å². The number of carbonyl (C=O) groups is 8. The lowest BCUT2D eigenvalue weighted by Crippen LogP contribution is -2.50. The fourth-order valence-corrected chi connectivity index (χ4v) is 12.3. The number of ketones is 3. The van der Waals surface area contributed by atoms with Crippen molar-refractivity contribution in [3.8, 4) is 11.1 Å². The van der Waals surface area contributed by atoms with Crippen molar-refractivity contribution in [2.45, 2.75) is 206 Å². The van der Waals surface area contributed by atoms with Crippen LogP contribution in [0.3, 0.4) is 0 Å². The third kappa shape index (κ3) is 22.6. The zero-order valence-corrected chi connectivity index (χ0v) is 53.9. The van der Waals surface area contributed by atoms with Crippen LogP contribution in [-0.4, -0.2) is 116 Å². The summed E-state index contributed by atoms with van der Waals surface area (Å²) < 4.78 is 29.9. The topological polar surface area (TPSA) is 260 Å². The molecule has 18 heteroatoms. The molecule has 3 aromatic rings. The normalized spacial score (nSPS) is 22.0. The fraction of sp³-hybridized carbons (Fsp3) is 0.556. The van der Waals surface area contributed by atoms with Crippen molar-refractivity contribution in [2.75, 3.05) is 26.3 Å². The number of nitrogens with two attached hydrogens (primary N) is 1. The van der Waals surface area contributed by atoms with Crippen molar-refractivity contribution < 1.29 is 62.0 Å². The molecule has 0 aromatic heterocycles. The lowest BCUT2D eigenvalue weighted by atomic mass is 9.88. The van der Waals surface area contributed by atoms with Gasteiger partial charge in [-0.1, -0.05) is 144 Å². The Balaban J connectivity index is 0.775. The Bertz CT molecular complexity index is 2980. The highest BCUT2D eigenvalue weighted by Gasteiger charge is 2.51. The summed E-state index contributed by atoms with van der Waals surface area (Å²) in [4.78, 5) is 103.